The second kappa shape index (κ2) is 27.0. The number of Topliss-reactive ketones (excluding diaryl/α,β-unsaturated/α-hetero) is 1. The summed E-state index contributed by atoms with van der Waals surface area (Å²) >= 11 is 0. The molecule has 4 N–H and O–H groups in total. The van der Waals surface area contributed by atoms with Gasteiger partial charge in [-0.2, -0.15) is 0 Å². The van der Waals surface area contributed by atoms with E-state index in [-0.39, 0.29) is 63.1 Å². The number of rotatable bonds is 9. The fourth-order valence-electron chi connectivity index (χ4n) is 16.1. The first-order chi connectivity index (χ1) is 33.5. The van der Waals surface area contributed by atoms with E-state index < -0.39 is 11.6 Å². The van der Waals surface area contributed by atoms with E-state index in [1.807, 2.05) is 32.0 Å². The summed E-state index contributed by atoms with van der Waals surface area (Å²) in [7, 11) is 6.47. The summed E-state index contributed by atoms with van der Waals surface area (Å²) in [6.07, 6.45) is 18.2. The summed E-state index contributed by atoms with van der Waals surface area (Å²) in [6, 6.07) is 11.0. The number of hydrogen-bond acceptors (Lipinski definition) is 9. The molecule has 434 valence electrons. The molecule has 0 unspecified atom stereocenters. The Morgan fingerprint density at radius 1 is 0.566 bits per heavy atom. The third kappa shape index (κ3) is 14.7. The number of ketones is 1. The number of methoxy groups -OCH3 is 4. The molecular formula is C66H111NO9. The Hall–Kier alpha value is -4.31. The van der Waals surface area contributed by atoms with E-state index in [1.165, 1.54) is 44.1 Å². The van der Waals surface area contributed by atoms with Gasteiger partial charge in [-0.25, -0.2) is 4.79 Å². The molecule has 0 aromatic heterocycles. The number of carbonyl (C=O) groups excluding carboxylic acids is 2. The number of anilines is 1. The van der Waals surface area contributed by atoms with Crippen LogP contribution in [0.4, 0.5) is 5.69 Å². The molecule has 6 aliphatic rings. The Bertz CT molecular complexity index is 2280. The van der Waals surface area contributed by atoms with Gasteiger partial charge in [-0.15, -0.1) is 0 Å². The molecule has 0 saturated heterocycles. The van der Waals surface area contributed by atoms with Crippen LogP contribution < -0.4 is 24.7 Å². The van der Waals surface area contributed by atoms with Crippen LogP contribution in [-0.4, -0.2) is 62.3 Å². The zero-order valence-corrected chi connectivity index (χ0v) is 47.5. The molecule has 0 bridgehead atoms. The Balaban J connectivity index is 0.000000521. The second-order valence-corrected chi connectivity index (χ2v) is 25.7. The van der Waals surface area contributed by atoms with Gasteiger partial charge in [-0.05, 0) is 160 Å². The molecule has 76 heavy (non-hydrogen) atoms. The lowest BCUT2D eigenvalue weighted by Gasteiger charge is -2.59. The highest BCUT2D eigenvalue weighted by atomic mass is 16.5. The molecule has 10 heteroatoms. The fourth-order valence-corrected chi connectivity index (χ4v) is 16.1. The van der Waals surface area contributed by atoms with Crippen LogP contribution in [0.25, 0.3) is 0 Å². The number of nitrogens with two attached hydrogens (primary N) is 1. The number of carboxylic acid groups (broad SMARTS) is 1. The van der Waals surface area contributed by atoms with Crippen LogP contribution in [0.3, 0.4) is 0 Å². The fraction of sp³-hybridized carbons (Fsp3) is 0.712. The number of carboxylic acids is 1. The molecule has 0 amide bonds. The maximum atomic E-state index is 13.5. The molecule has 6 aliphatic carbocycles. The second-order valence-electron chi connectivity index (χ2n) is 25.7. The number of nitrogen functional groups attached to an aromatic ring is 1. The first kappa shape index (κ1) is 69.7. The van der Waals surface area contributed by atoms with Crippen LogP contribution in [0.15, 0.2) is 58.7 Å². The van der Waals surface area contributed by atoms with Crippen molar-refractivity contribution >= 4 is 23.7 Å². The smallest absolute Gasteiger partial charge is 0.332 e. The zero-order valence-electron chi connectivity index (χ0n) is 47.5. The van der Waals surface area contributed by atoms with Gasteiger partial charge in [-0.3, -0.25) is 4.79 Å². The van der Waals surface area contributed by atoms with E-state index in [0.717, 1.165) is 97.9 Å². The van der Waals surface area contributed by atoms with Crippen LogP contribution in [0.2, 0.25) is 0 Å². The maximum absolute atomic E-state index is 13.5. The first-order valence-electron chi connectivity index (χ1n) is 27.0. The summed E-state index contributed by atoms with van der Waals surface area (Å²) in [5.74, 6) is 3.94. The third-order valence-electron chi connectivity index (χ3n) is 19.4. The van der Waals surface area contributed by atoms with Gasteiger partial charge >= 0.3 is 5.97 Å². The normalized spacial score (nSPS) is 30.2. The minimum Gasteiger partial charge on any atom is -0.497 e. The molecule has 0 heterocycles. The van der Waals surface area contributed by atoms with Gasteiger partial charge in [0, 0.05) is 58.9 Å². The number of allylic oxidation sites excluding steroid dienone is 3. The van der Waals surface area contributed by atoms with E-state index in [9.17, 15) is 24.6 Å². The highest BCUT2D eigenvalue weighted by molar-refractivity contribution is 5.99. The molecule has 0 aliphatic heterocycles. The minimum atomic E-state index is -0.805. The number of aliphatic hydroxyl groups is 1. The maximum Gasteiger partial charge on any atom is 0.332 e. The van der Waals surface area contributed by atoms with E-state index in [0.29, 0.717) is 52.2 Å². The number of ether oxygens (including phenoxy) is 4. The standard InChI is InChI=1S/C24H34O3.C15H24O2.C15H26O2.C8H11NO2.4CH4/c1-16-8-9-21-23(2,3)10-7-11-24(21,4)22(16)20(25)14-17-12-18(26-5)15-19(13-17)27-6;1-10-6-7-11-14(2,3)8-5-9-15(11,4)12(10)13(16)17;1-13(2)7-5-8-14(3)11(13)6-9-15(4,17)12(14)10-16;1-10-7-3-6(9)4-8(5-7)11-2;;;;/h12-13,15,21H,7-11,14H2,1-6H3;11H,5-9H2,1-4H3,(H,16,17);10-12,17H,5-9H2,1-4H3;3-5H,9H2,1-2H3;4*1H4/t21-,24-;11-,15-;11-,12+,14-,15+;;;;;/m000...../s1. The molecule has 0 spiro atoms. The summed E-state index contributed by atoms with van der Waals surface area (Å²) in [5.41, 5.74) is 11.4. The van der Waals surface area contributed by atoms with Crippen molar-refractivity contribution in [1.82, 2.24) is 0 Å². The minimum absolute atomic E-state index is 0. The van der Waals surface area contributed by atoms with Crippen LogP contribution in [0.1, 0.15) is 215 Å². The lowest BCUT2D eigenvalue weighted by molar-refractivity contribution is -0.169. The monoisotopic (exact) mass is 1060 g/mol. The molecule has 8 rings (SSSR count). The highest BCUT2D eigenvalue weighted by Gasteiger charge is 2.58. The third-order valence-corrected chi connectivity index (χ3v) is 19.4. The van der Waals surface area contributed by atoms with Crippen LogP contribution >= 0.6 is 0 Å². The Labute approximate surface area is 464 Å². The molecular weight excluding hydrogens is 951 g/mol. The van der Waals surface area contributed by atoms with Crippen molar-refractivity contribution < 1.29 is 43.5 Å². The molecule has 2 aromatic carbocycles. The number of fused-ring (bicyclic) bond motifs is 3. The SMILES string of the molecule is C.C.C.C.CC1(C)CCC[C@]2(C)[C@@H](C=O)[C@](C)(O)CC[C@@H]12.CC1=C(C(=O)O)[C@@]2(C)CCCC(C)(C)[C@@H]2CC1.COc1cc(CC(=O)C2=C(C)CC[C@H]3C(C)(C)CCC[C@]23C)cc(OC)c1.COc1cc(N)cc(OC)c1. The number of aliphatic carboxylic acids is 1. The number of hydrogen-bond donors (Lipinski definition) is 3. The Morgan fingerprint density at radius 2 is 0.947 bits per heavy atom. The van der Waals surface area contributed by atoms with Crippen LogP contribution in [0, 0.1) is 56.2 Å². The van der Waals surface area contributed by atoms with Crippen molar-refractivity contribution in [3.05, 3.63) is 64.3 Å². The van der Waals surface area contributed by atoms with Gasteiger partial charge in [0.05, 0.1) is 34.0 Å². The van der Waals surface area contributed by atoms with Crippen molar-refractivity contribution in [2.24, 2.45) is 56.2 Å². The topological polar surface area (TPSA) is 155 Å². The van der Waals surface area contributed by atoms with Crippen molar-refractivity contribution in [2.75, 3.05) is 34.2 Å². The first-order valence-corrected chi connectivity index (χ1v) is 27.0. The van der Waals surface area contributed by atoms with Gasteiger partial charge in [0.1, 0.15) is 29.3 Å². The molecule has 10 nitrogen and oxygen atoms in total. The van der Waals surface area contributed by atoms with Crippen LogP contribution in [0.5, 0.6) is 23.0 Å². The van der Waals surface area contributed by atoms with Crippen molar-refractivity contribution in [3.8, 4) is 23.0 Å². The average molecular weight is 1060 g/mol. The molecule has 4 saturated carbocycles. The molecule has 2 aromatic rings. The Kier molecular flexibility index (Phi) is 24.8. The molecule has 8 atom stereocenters. The zero-order chi connectivity index (χ0) is 53.8. The lowest BCUT2D eigenvalue weighted by atomic mass is 9.46. The summed E-state index contributed by atoms with van der Waals surface area (Å²) in [5, 5.41) is 20.0. The largest absolute Gasteiger partial charge is 0.497 e. The van der Waals surface area contributed by atoms with Gasteiger partial charge < -0.3 is 39.7 Å². The van der Waals surface area contributed by atoms with E-state index in [1.54, 1.807) is 46.6 Å². The number of benzene rings is 2. The van der Waals surface area contributed by atoms with E-state index >= 15 is 0 Å². The number of aldehydes is 1. The predicted molar refractivity (Wildman–Crippen MR) is 318 cm³/mol. The predicted octanol–water partition coefficient (Wildman–Crippen LogP) is 16.8. The van der Waals surface area contributed by atoms with Gasteiger partial charge in [0.2, 0.25) is 0 Å². The molecule has 4 fully saturated rings. The Morgan fingerprint density at radius 3 is 1.36 bits per heavy atom. The van der Waals surface area contributed by atoms with Crippen molar-refractivity contribution in [2.45, 2.75) is 221 Å². The summed E-state index contributed by atoms with van der Waals surface area (Å²) < 4.78 is 20.7. The average Bonchev–Trinajstić information content (AvgIpc) is 3.27. The number of carbonyl (C=O) groups is 3. The quantitative estimate of drug-likeness (QED) is 0.163. The van der Waals surface area contributed by atoms with Gasteiger partial charge in [0.15, 0.2) is 5.78 Å². The van der Waals surface area contributed by atoms with Crippen molar-refractivity contribution in [1.29, 1.82) is 0 Å². The summed E-state index contributed by atoms with van der Waals surface area (Å²) in [6.45, 7) is 26.9. The summed E-state index contributed by atoms with van der Waals surface area (Å²) in [4.78, 5) is 36.6. The lowest BCUT2D eigenvalue weighted by Crippen LogP contribution is -2.58. The van der Waals surface area contributed by atoms with Crippen molar-refractivity contribution in [3.63, 3.8) is 0 Å². The van der Waals surface area contributed by atoms with Gasteiger partial charge in [-0.1, -0.05) is 122 Å². The van der Waals surface area contributed by atoms with E-state index in [4.69, 9.17) is 24.7 Å². The van der Waals surface area contributed by atoms with Gasteiger partial charge in [0.25, 0.3) is 0 Å². The van der Waals surface area contributed by atoms with Crippen LogP contribution in [-0.2, 0) is 20.8 Å². The highest BCUT2D eigenvalue weighted by Crippen LogP contribution is 2.63. The molecule has 0 radical (unpaired) electrons. The van der Waals surface area contributed by atoms with E-state index in [2.05, 4.69) is 69.2 Å².